The molecule has 4 nitrogen and oxygen atoms in total. The maximum atomic E-state index is 11.5. The monoisotopic (exact) mass is 219 g/mol. The van der Waals surface area contributed by atoms with Gasteiger partial charge in [-0.3, -0.25) is 9.59 Å². The predicted octanol–water partition coefficient (Wildman–Crippen LogP) is 0.689. The molecule has 1 heterocycles. The maximum Gasteiger partial charge on any atom is 0.318 e. The number of rotatable bonds is 2. The number of carbonyl (C=O) groups excluding carboxylic acids is 2. The molecule has 2 atom stereocenters. The Morgan fingerprint density at radius 1 is 1.38 bits per heavy atom. The molecule has 1 saturated heterocycles. The Kier molecular flexibility index (Phi) is 2.90. The summed E-state index contributed by atoms with van der Waals surface area (Å²) in [6, 6.07) is 9.53. The molecule has 1 amide bonds. The van der Waals surface area contributed by atoms with Crippen molar-refractivity contribution >= 4 is 11.9 Å². The predicted molar refractivity (Wildman–Crippen MR) is 57.7 cm³/mol. The van der Waals surface area contributed by atoms with Crippen molar-refractivity contribution in [2.24, 2.45) is 5.92 Å². The zero-order chi connectivity index (χ0) is 11.5. The Hall–Kier alpha value is -1.84. The second-order valence-corrected chi connectivity index (χ2v) is 3.76. The van der Waals surface area contributed by atoms with Crippen LogP contribution in [0.2, 0.25) is 0 Å². The molecule has 0 saturated carbocycles. The largest absolute Gasteiger partial charge is 0.468 e. The summed E-state index contributed by atoms with van der Waals surface area (Å²) in [4.78, 5) is 23.1. The minimum absolute atomic E-state index is 0.124. The number of hydrogen-bond donors (Lipinski definition) is 1. The highest BCUT2D eigenvalue weighted by Crippen LogP contribution is 2.29. The van der Waals surface area contributed by atoms with Crippen LogP contribution < -0.4 is 5.32 Å². The molecule has 1 N–H and O–H groups in total. The van der Waals surface area contributed by atoms with Crippen molar-refractivity contribution in [2.75, 3.05) is 13.7 Å². The highest BCUT2D eigenvalue weighted by Gasteiger charge is 2.41. The third-order valence-electron chi connectivity index (χ3n) is 2.86. The van der Waals surface area contributed by atoms with Crippen molar-refractivity contribution in [1.29, 1.82) is 0 Å². The van der Waals surface area contributed by atoms with E-state index in [0.717, 1.165) is 5.56 Å². The van der Waals surface area contributed by atoms with Crippen LogP contribution in [0.3, 0.4) is 0 Å². The summed E-state index contributed by atoms with van der Waals surface area (Å²) in [5.74, 6) is -1.56. The van der Waals surface area contributed by atoms with Crippen LogP contribution in [-0.4, -0.2) is 25.5 Å². The molecule has 16 heavy (non-hydrogen) atoms. The number of carbonyl (C=O) groups is 2. The average Bonchev–Trinajstić information content (AvgIpc) is 2.71. The fourth-order valence-corrected chi connectivity index (χ4v) is 2.03. The maximum absolute atomic E-state index is 11.5. The van der Waals surface area contributed by atoms with E-state index < -0.39 is 11.9 Å². The van der Waals surface area contributed by atoms with Crippen LogP contribution in [0, 0.1) is 5.92 Å². The fraction of sp³-hybridized carbons (Fsp3) is 0.333. The van der Waals surface area contributed by atoms with Gasteiger partial charge in [0.05, 0.1) is 7.11 Å². The summed E-state index contributed by atoms with van der Waals surface area (Å²) < 4.78 is 4.66. The van der Waals surface area contributed by atoms with Crippen LogP contribution in [0.1, 0.15) is 11.5 Å². The van der Waals surface area contributed by atoms with Crippen molar-refractivity contribution in [2.45, 2.75) is 5.92 Å². The van der Waals surface area contributed by atoms with Gasteiger partial charge < -0.3 is 10.1 Å². The molecular formula is C12H13NO3. The minimum atomic E-state index is -0.715. The van der Waals surface area contributed by atoms with E-state index in [2.05, 4.69) is 10.1 Å². The third-order valence-corrected chi connectivity index (χ3v) is 2.86. The number of hydrogen-bond acceptors (Lipinski definition) is 3. The first-order chi connectivity index (χ1) is 7.74. The molecule has 1 aromatic rings. The minimum Gasteiger partial charge on any atom is -0.468 e. The van der Waals surface area contributed by atoms with E-state index in [9.17, 15) is 9.59 Å². The molecule has 1 fully saturated rings. The molecule has 1 aliphatic heterocycles. The van der Waals surface area contributed by atoms with Crippen molar-refractivity contribution in [3.05, 3.63) is 35.9 Å². The number of esters is 1. The summed E-state index contributed by atoms with van der Waals surface area (Å²) in [6.07, 6.45) is 0. The Labute approximate surface area is 93.6 Å². The lowest BCUT2D eigenvalue weighted by molar-refractivity contribution is -0.149. The van der Waals surface area contributed by atoms with Crippen molar-refractivity contribution in [3.63, 3.8) is 0 Å². The summed E-state index contributed by atoms with van der Waals surface area (Å²) in [5.41, 5.74) is 0.983. The van der Waals surface area contributed by atoms with Gasteiger partial charge in [-0.1, -0.05) is 30.3 Å². The lowest BCUT2D eigenvalue weighted by atomic mass is 9.89. The number of ether oxygens (including phenoxy) is 1. The SMILES string of the molecule is COC(=O)[C@H]1C(=O)NC[C@H]1c1ccccc1. The number of benzene rings is 1. The molecule has 1 aromatic carbocycles. The molecule has 84 valence electrons. The molecule has 0 bridgehead atoms. The van der Waals surface area contributed by atoms with Crippen molar-refractivity contribution in [3.8, 4) is 0 Å². The normalized spacial score (nSPS) is 23.9. The van der Waals surface area contributed by atoms with E-state index in [-0.39, 0.29) is 11.8 Å². The van der Waals surface area contributed by atoms with Gasteiger partial charge in [-0.05, 0) is 5.56 Å². The van der Waals surface area contributed by atoms with Crippen LogP contribution in [0.5, 0.6) is 0 Å². The quantitative estimate of drug-likeness (QED) is 0.588. The van der Waals surface area contributed by atoms with E-state index in [0.29, 0.717) is 6.54 Å². The van der Waals surface area contributed by atoms with Gasteiger partial charge in [0.1, 0.15) is 5.92 Å². The first-order valence-corrected chi connectivity index (χ1v) is 5.14. The van der Waals surface area contributed by atoms with Gasteiger partial charge in [-0.2, -0.15) is 0 Å². The topological polar surface area (TPSA) is 55.4 Å². The van der Waals surface area contributed by atoms with E-state index in [1.807, 2.05) is 30.3 Å². The molecule has 0 aromatic heterocycles. The van der Waals surface area contributed by atoms with Gasteiger partial charge in [0.25, 0.3) is 0 Å². The molecule has 0 unspecified atom stereocenters. The Morgan fingerprint density at radius 3 is 2.69 bits per heavy atom. The summed E-state index contributed by atoms with van der Waals surface area (Å²) >= 11 is 0. The lowest BCUT2D eigenvalue weighted by Gasteiger charge is -2.14. The first kappa shape index (κ1) is 10.7. The van der Waals surface area contributed by atoms with Gasteiger partial charge in [0, 0.05) is 12.5 Å². The van der Waals surface area contributed by atoms with Crippen molar-refractivity contribution in [1.82, 2.24) is 5.32 Å². The Bertz CT molecular complexity index is 402. The second-order valence-electron chi connectivity index (χ2n) is 3.76. The van der Waals surface area contributed by atoms with Crippen LogP contribution in [0.25, 0.3) is 0 Å². The Morgan fingerprint density at radius 2 is 2.06 bits per heavy atom. The zero-order valence-corrected chi connectivity index (χ0v) is 8.97. The Balaban J connectivity index is 2.28. The molecule has 0 aliphatic carbocycles. The van der Waals surface area contributed by atoms with E-state index in [1.54, 1.807) is 0 Å². The van der Waals surface area contributed by atoms with Gasteiger partial charge in [-0.25, -0.2) is 0 Å². The molecule has 0 radical (unpaired) electrons. The highest BCUT2D eigenvalue weighted by molar-refractivity contribution is 6.00. The molecule has 2 rings (SSSR count). The summed E-state index contributed by atoms with van der Waals surface area (Å²) in [6.45, 7) is 0.489. The smallest absolute Gasteiger partial charge is 0.318 e. The molecule has 4 heteroatoms. The van der Waals surface area contributed by atoms with E-state index in [4.69, 9.17) is 0 Å². The van der Waals surface area contributed by atoms with E-state index in [1.165, 1.54) is 7.11 Å². The highest BCUT2D eigenvalue weighted by atomic mass is 16.5. The van der Waals surface area contributed by atoms with Gasteiger partial charge in [-0.15, -0.1) is 0 Å². The second kappa shape index (κ2) is 4.35. The van der Waals surface area contributed by atoms with Gasteiger partial charge in [0.15, 0.2) is 0 Å². The summed E-state index contributed by atoms with van der Waals surface area (Å²) in [5, 5.41) is 2.69. The van der Waals surface area contributed by atoms with Crippen molar-refractivity contribution < 1.29 is 14.3 Å². The standard InChI is InChI=1S/C12H13NO3/c1-16-12(15)10-9(7-13-11(10)14)8-5-3-2-4-6-8/h2-6,9-10H,7H2,1H3,(H,13,14)/t9-,10+/m0/s1. The number of methoxy groups -OCH3 is 1. The molecule has 1 aliphatic rings. The van der Waals surface area contributed by atoms with Crippen LogP contribution in [-0.2, 0) is 14.3 Å². The zero-order valence-electron chi connectivity index (χ0n) is 8.97. The van der Waals surface area contributed by atoms with Crippen LogP contribution in [0.15, 0.2) is 30.3 Å². The number of nitrogens with one attached hydrogen (secondary N) is 1. The average molecular weight is 219 g/mol. The number of amides is 1. The van der Waals surface area contributed by atoms with Gasteiger partial charge in [0.2, 0.25) is 5.91 Å². The van der Waals surface area contributed by atoms with Crippen LogP contribution >= 0.6 is 0 Å². The third kappa shape index (κ3) is 1.78. The van der Waals surface area contributed by atoms with E-state index >= 15 is 0 Å². The lowest BCUT2D eigenvalue weighted by Crippen LogP contribution is -2.28. The van der Waals surface area contributed by atoms with Gasteiger partial charge >= 0.3 is 5.97 Å². The molecular weight excluding hydrogens is 206 g/mol. The molecule has 0 spiro atoms. The fourth-order valence-electron chi connectivity index (χ4n) is 2.03. The summed E-state index contributed by atoms with van der Waals surface area (Å²) in [7, 11) is 1.30. The first-order valence-electron chi connectivity index (χ1n) is 5.14. The van der Waals surface area contributed by atoms with Crippen LogP contribution in [0.4, 0.5) is 0 Å².